The van der Waals surface area contributed by atoms with Crippen molar-refractivity contribution in [3.8, 4) is 0 Å². The molecule has 3 N–H and O–H groups in total. The fourth-order valence-electron chi connectivity index (χ4n) is 0.987. The van der Waals surface area contributed by atoms with Crippen LogP contribution in [0.2, 0.25) is 0 Å². The Balaban J connectivity index is 2.44. The molecular formula is C8H14N2OS. The molecule has 0 saturated heterocycles. The fourth-order valence-corrected chi connectivity index (χ4v) is 1.69. The van der Waals surface area contributed by atoms with Crippen molar-refractivity contribution in [1.29, 1.82) is 0 Å². The minimum absolute atomic E-state index is 0.0374. The second-order valence-electron chi connectivity index (χ2n) is 2.77. The number of anilines is 1. The number of hydrogen-bond donors (Lipinski definition) is 2. The Hall–Kier alpha value is -0.580. The topological polar surface area (TPSA) is 49.5 Å². The molecule has 0 fully saturated rings. The van der Waals surface area contributed by atoms with Gasteiger partial charge in [-0.25, -0.2) is 0 Å². The quantitative estimate of drug-likeness (QED) is 0.720. The van der Waals surface area contributed by atoms with Crippen LogP contribution < -0.4 is 10.6 Å². The molecule has 0 aliphatic heterocycles. The summed E-state index contributed by atoms with van der Waals surface area (Å²) in [5.41, 5.74) is 5.59. The van der Waals surface area contributed by atoms with Gasteiger partial charge in [-0.3, -0.25) is 0 Å². The number of rotatable bonds is 4. The molecule has 1 atom stereocenters. The molecule has 0 aliphatic carbocycles. The summed E-state index contributed by atoms with van der Waals surface area (Å²) in [7, 11) is 1.97. The zero-order valence-electron chi connectivity index (χ0n) is 7.10. The standard InChI is InChI=1S/C8H14N2OS/c1-10(5-7(9)6-11)8-3-2-4-12-8/h2-4,7,11H,5-6,9H2,1H3. The summed E-state index contributed by atoms with van der Waals surface area (Å²) in [6.45, 7) is 0.729. The van der Waals surface area contributed by atoms with Crippen LogP contribution in [-0.2, 0) is 0 Å². The summed E-state index contributed by atoms with van der Waals surface area (Å²) in [4.78, 5) is 2.05. The fraction of sp³-hybridized carbons (Fsp3) is 0.500. The molecule has 68 valence electrons. The smallest absolute Gasteiger partial charge is 0.0906 e. The molecule has 0 saturated carbocycles. The van der Waals surface area contributed by atoms with Gasteiger partial charge in [0, 0.05) is 19.6 Å². The molecule has 0 amide bonds. The molecule has 4 heteroatoms. The number of likely N-dealkylation sites (N-methyl/N-ethyl adjacent to an activating group) is 1. The monoisotopic (exact) mass is 186 g/mol. The van der Waals surface area contributed by atoms with E-state index >= 15 is 0 Å². The van der Waals surface area contributed by atoms with Gasteiger partial charge in [0.2, 0.25) is 0 Å². The molecule has 0 aromatic carbocycles. The maximum atomic E-state index is 8.73. The molecule has 12 heavy (non-hydrogen) atoms. The van der Waals surface area contributed by atoms with Crippen molar-refractivity contribution in [3.05, 3.63) is 17.5 Å². The van der Waals surface area contributed by atoms with Crippen LogP contribution in [-0.4, -0.2) is 31.3 Å². The first-order chi connectivity index (χ1) is 5.74. The Morgan fingerprint density at radius 1 is 1.75 bits per heavy atom. The van der Waals surface area contributed by atoms with Crippen molar-refractivity contribution in [3.63, 3.8) is 0 Å². The molecule has 0 spiro atoms. The third-order valence-corrected chi connectivity index (χ3v) is 2.61. The molecule has 0 aliphatic rings. The summed E-state index contributed by atoms with van der Waals surface area (Å²) in [5, 5.41) is 11.9. The van der Waals surface area contributed by atoms with Gasteiger partial charge in [-0.1, -0.05) is 0 Å². The minimum atomic E-state index is -0.155. The average Bonchev–Trinajstić information content (AvgIpc) is 2.56. The van der Waals surface area contributed by atoms with Crippen molar-refractivity contribution in [2.75, 3.05) is 25.1 Å². The number of aliphatic hydroxyl groups excluding tert-OH is 1. The lowest BCUT2D eigenvalue weighted by atomic mass is 10.3. The molecule has 1 aromatic rings. The number of aliphatic hydroxyl groups is 1. The summed E-state index contributed by atoms with van der Waals surface area (Å²) >= 11 is 1.67. The lowest BCUT2D eigenvalue weighted by Gasteiger charge is -2.20. The Morgan fingerprint density at radius 3 is 3.00 bits per heavy atom. The third kappa shape index (κ3) is 2.48. The van der Waals surface area contributed by atoms with Crippen LogP contribution in [0.3, 0.4) is 0 Å². The van der Waals surface area contributed by atoms with Crippen LogP contribution >= 0.6 is 11.3 Å². The molecule has 1 aromatic heterocycles. The Bertz CT molecular complexity index is 213. The van der Waals surface area contributed by atoms with Crippen LogP contribution in [0.5, 0.6) is 0 Å². The van der Waals surface area contributed by atoms with E-state index in [0.717, 1.165) is 0 Å². The summed E-state index contributed by atoms with van der Waals surface area (Å²) in [6.07, 6.45) is 0. The zero-order valence-corrected chi connectivity index (χ0v) is 7.92. The van der Waals surface area contributed by atoms with Crippen molar-refractivity contribution in [2.45, 2.75) is 6.04 Å². The molecule has 3 nitrogen and oxygen atoms in total. The maximum absolute atomic E-state index is 8.73. The second kappa shape index (κ2) is 4.45. The predicted molar refractivity (Wildman–Crippen MR) is 52.7 cm³/mol. The van der Waals surface area contributed by atoms with E-state index in [-0.39, 0.29) is 12.6 Å². The lowest BCUT2D eigenvalue weighted by Crippen LogP contribution is -2.37. The Morgan fingerprint density at radius 2 is 2.50 bits per heavy atom. The van der Waals surface area contributed by atoms with Gasteiger partial charge in [-0.2, -0.15) is 0 Å². The van der Waals surface area contributed by atoms with Gasteiger partial charge >= 0.3 is 0 Å². The van der Waals surface area contributed by atoms with E-state index in [4.69, 9.17) is 10.8 Å². The number of nitrogens with two attached hydrogens (primary N) is 1. The number of nitrogens with zero attached hydrogens (tertiary/aromatic N) is 1. The van der Waals surface area contributed by atoms with Gasteiger partial charge in [0.15, 0.2) is 0 Å². The van der Waals surface area contributed by atoms with Gasteiger partial charge in [-0.05, 0) is 17.5 Å². The SMILES string of the molecule is CN(CC(N)CO)c1cccs1. The second-order valence-corrected chi connectivity index (χ2v) is 3.70. The minimum Gasteiger partial charge on any atom is -0.395 e. The van der Waals surface area contributed by atoms with E-state index in [2.05, 4.69) is 0 Å². The van der Waals surface area contributed by atoms with Gasteiger partial charge in [0.05, 0.1) is 11.6 Å². The average molecular weight is 186 g/mol. The van der Waals surface area contributed by atoms with E-state index in [9.17, 15) is 0 Å². The highest BCUT2D eigenvalue weighted by Crippen LogP contribution is 2.19. The molecule has 0 radical (unpaired) electrons. The molecule has 1 heterocycles. The van der Waals surface area contributed by atoms with Crippen molar-refractivity contribution in [2.24, 2.45) is 5.73 Å². The largest absolute Gasteiger partial charge is 0.395 e. The lowest BCUT2D eigenvalue weighted by molar-refractivity contribution is 0.267. The van der Waals surface area contributed by atoms with E-state index < -0.39 is 0 Å². The van der Waals surface area contributed by atoms with Crippen LogP contribution in [0.25, 0.3) is 0 Å². The van der Waals surface area contributed by atoms with E-state index in [1.54, 1.807) is 11.3 Å². The predicted octanol–water partition coefficient (Wildman–Crippen LogP) is 0.504. The third-order valence-electron chi connectivity index (χ3n) is 1.63. The first-order valence-corrected chi connectivity index (χ1v) is 4.73. The van der Waals surface area contributed by atoms with Crippen molar-refractivity contribution in [1.82, 2.24) is 0 Å². The molecular weight excluding hydrogens is 172 g/mol. The zero-order chi connectivity index (χ0) is 8.97. The summed E-state index contributed by atoms with van der Waals surface area (Å²) in [5.74, 6) is 0. The summed E-state index contributed by atoms with van der Waals surface area (Å²) in [6, 6.07) is 3.88. The van der Waals surface area contributed by atoms with Crippen LogP contribution in [0, 0.1) is 0 Å². The highest BCUT2D eigenvalue weighted by molar-refractivity contribution is 7.14. The highest BCUT2D eigenvalue weighted by Gasteiger charge is 2.06. The Labute approximate surface area is 76.4 Å². The normalized spacial score (nSPS) is 12.9. The van der Waals surface area contributed by atoms with Crippen LogP contribution in [0.15, 0.2) is 17.5 Å². The van der Waals surface area contributed by atoms with Gasteiger partial charge < -0.3 is 15.7 Å². The van der Waals surface area contributed by atoms with Crippen molar-refractivity contribution >= 4 is 16.3 Å². The first kappa shape index (κ1) is 9.51. The molecule has 1 rings (SSSR count). The van der Waals surface area contributed by atoms with Gasteiger partial charge in [-0.15, -0.1) is 11.3 Å². The van der Waals surface area contributed by atoms with Crippen molar-refractivity contribution < 1.29 is 5.11 Å². The maximum Gasteiger partial charge on any atom is 0.0906 e. The molecule has 1 unspecified atom stereocenters. The first-order valence-electron chi connectivity index (χ1n) is 3.85. The molecule has 0 bridgehead atoms. The number of thiophene rings is 1. The van der Waals surface area contributed by atoms with Crippen LogP contribution in [0.4, 0.5) is 5.00 Å². The highest BCUT2D eigenvalue weighted by atomic mass is 32.1. The van der Waals surface area contributed by atoms with Gasteiger partial charge in [0.1, 0.15) is 0 Å². The summed E-state index contributed by atoms with van der Waals surface area (Å²) < 4.78 is 0. The van der Waals surface area contributed by atoms with Crippen LogP contribution in [0.1, 0.15) is 0 Å². The van der Waals surface area contributed by atoms with E-state index in [0.29, 0.717) is 6.54 Å². The van der Waals surface area contributed by atoms with Gasteiger partial charge in [0.25, 0.3) is 0 Å². The Kier molecular flexibility index (Phi) is 3.52. The van der Waals surface area contributed by atoms with E-state index in [1.807, 2.05) is 29.5 Å². The number of hydrogen-bond acceptors (Lipinski definition) is 4. The van der Waals surface area contributed by atoms with E-state index in [1.165, 1.54) is 5.00 Å².